The van der Waals surface area contributed by atoms with Crippen molar-refractivity contribution in [1.82, 2.24) is 4.98 Å². The van der Waals surface area contributed by atoms with Gasteiger partial charge in [0.2, 0.25) is 0 Å². The zero-order valence-corrected chi connectivity index (χ0v) is 6.85. The van der Waals surface area contributed by atoms with Gasteiger partial charge in [0, 0.05) is 17.6 Å². The van der Waals surface area contributed by atoms with Crippen LogP contribution in [0, 0.1) is 0 Å². The highest BCUT2D eigenvalue weighted by molar-refractivity contribution is 9.14. The number of halogens is 1. The van der Waals surface area contributed by atoms with Gasteiger partial charge >= 0.3 is 0 Å². The number of hydrogen-bond acceptors (Lipinski definition) is 2. The van der Waals surface area contributed by atoms with E-state index in [4.69, 9.17) is 11.5 Å². The van der Waals surface area contributed by atoms with Crippen molar-refractivity contribution in [1.29, 1.82) is 0 Å². The lowest BCUT2D eigenvalue weighted by atomic mass is 10.4. The third-order valence-corrected chi connectivity index (χ3v) is 1.63. The molecule has 0 unspecified atom stereocenters. The average Bonchev–Trinajstić information content (AvgIpc) is 2.33. The van der Waals surface area contributed by atoms with Crippen molar-refractivity contribution in [3.63, 3.8) is 0 Å². The third kappa shape index (κ3) is 1.16. The van der Waals surface area contributed by atoms with Crippen LogP contribution in [-0.2, 0) is 0 Å². The number of nitrogens with one attached hydrogen (secondary N) is 1. The predicted octanol–water partition coefficient (Wildman–Crippen LogP) is -0.869. The first kappa shape index (κ1) is 7.21. The van der Waals surface area contributed by atoms with E-state index in [1.54, 1.807) is 6.20 Å². The zero-order valence-electron chi connectivity index (χ0n) is 5.26. The SMILES string of the molecule is N/C=c1/[nH]cc/c1=C(/N)Br. The van der Waals surface area contributed by atoms with Crippen molar-refractivity contribution in [2.45, 2.75) is 0 Å². The molecule has 0 atom stereocenters. The maximum Gasteiger partial charge on any atom is 0.0849 e. The van der Waals surface area contributed by atoms with Crippen LogP contribution >= 0.6 is 15.9 Å². The van der Waals surface area contributed by atoms with E-state index in [2.05, 4.69) is 20.9 Å². The Labute approximate surface area is 66.5 Å². The summed E-state index contributed by atoms with van der Waals surface area (Å²) in [6.07, 6.45) is 3.26. The lowest BCUT2D eigenvalue weighted by molar-refractivity contribution is 1.30. The molecule has 0 aliphatic heterocycles. The van der Waals surface area contributed by atoms with Crippen LogP contribution < -0.4 is 22.0 Å². The highest BCUT2D eigenvalue weighted by atomic mass is 79.9. The van der Waals surface area contributed by atoms with Gasteiger partial charge in [-0.3, -0.25) is 0 Å². The van der Waals surface area contributed by atoms with Crippen molar-refractivity contribution < 1.29 is 0 Å². The van der Waals surface area contributed by atoms with E-state index in [-0.39, 0.29) is 0 Å². The quantitative estimate of drug-likeness (QED) is 0.479. The largest absolute Gasteiger partial charge is 0.403 e. The first-order chi connectivity index (χ1) is 4.75. The molecule has 0 amide bonds. The van der Waals surface area contributed by atoms with Gasteiger partial charge in [0.25, 0.3) is 0 Å². The fourth-order valence-electron chi connectivity index (χ4n) is 0.728. The molecule has 10 heavy (non-hydrogen) atoms. The molecule has 0 aromatic carbocycles. The molecule has 1 aromatic rings. The van der Waals surface area contributed by atoms with Crippen LogP contribution in [0.5, 0.6) is 0 Å². The van der Waals surface area contributed by atoms with E-state index in [0.717, 1.165) is 10.6 Å². The zero-order chi connectivity index (χ0) is 7.56. The summed E-state index contributed by atoms with van der Waals surface area (Å²) >= 11 is 3.15. The lowest BCUT2D eigenvalue weighted by Gasteiger charge is -1.81. The minimum absolute atomic E-state index is 0.588. The second-order valence-corrected chi connectivity index (χ2v) is 2.67. The number of nitrogens with two attached hydrogens (primary N) is 2. The van der Waals surface area contributed by atoms with E-state index in [1.165, 1.54) is 6.20 Å². The first-order valence-electron chi connectivity index (χ1n) is 2.76. The Hall–Kier alpha value is -0.900. The average molecular weight is 202 g/mol. The summed E-state index contributed by atoms with van der Waals surface area (Å²) in [4.78, 5) is 2.93. The van der Waals surface area contributed by atoms with Gasteiger partial charge in [-0.05, 0) is 22.0 Å². The van der Waals surface area contributed by atoms with Gasteiger partial charge < -0.3 is 16.5 Å². The van der Waals surface area contributed by atoms with Gasteiger partial charge in [0.05, 0.1) is 9.96 Å². The van der Waals surface area contributed by atoms with Crippen LogP contribution in [0.2, 0.25) is 0 Å². The van der Waals surface area contributed by atoms with Gasteiger partial charge in [0.15, 0.2) is 0 Å². The molecule has 4 heteroatoms. The maximum absolute atomic E-state index is 5.47. The molecule has 0 aliphatic carbocycles. The van der Waals surface area contributed by atoms with Crippen molar-refractivity contribution >= 4 is 26.7 Å². The summed E-state index contributed by atoms with van der Waals surface area (Å²) in [6.45, 7) is 0. The normalized spacial score (nSPS) is 15.5. The predicted molar refractivity (Wildman–Crippen MR) is 45.2 cm³/mol. The van der Waals surface area contributed by atoms with Crippen molar-refractivity contribution in [2.24, 2.45) is 11.5 Å². The fraction of sp³-hybridized carbons (Fsp3) is 0. The van der Waals surface area contributed by atoms with Crippen LogP contribution in [0.15, 0.2) is 12.3 Å². The minimum atomic E-state index is 0.588. The van der Waals surface area contributed by atoms with E-state index in [0.29, 0.717) is 4.61 Å². The van der Waals surface area contributed by atoms with E-state index in [1.807, 2.05) is 6.07 Å². The molecule has 54 valence electrons. The first-order valence-corrected chi connectivity index (χ1v) is 3.55. The van der Waals surface area contributed by atoms with Crippen LogP contribution in [-0.4, -0.2) is 4.98 Å². The van der Waals surface area contributed by atoms with Gasteiger partial charge in [-0.15, -0.1) is 0 Å². The molecule has 0 saturated carbocycles. The summed E-state index contributed by atoms with van der Waals surface area (Å²) in [6, 6.07) is 1.85. The summed E-state index contributed by atoms with van der Waals surface area (Å²) in [7, 11) is 0. The summed E-state index contributed by atoms with van der Waals surface area (Å²) in [5, 5.41) is 1.72. The Kier molecular flexibility index (Phi) is 2.01. The standard InChI is InChI=1S/C6H8BrN3/c7-6(9)4-1-2-10-5(4)3-8/h1-3,10H,8-9H2/b5-3+,6-4-. The van der Waals surface area contributed by atoms with Crippen LogP contribution in [0.25, 0.3) is 10.8 Å². The molecule has 0 aliphatic rings. The Bertz CT molecular complexity index is 321. The summed E-state index contributed by atoms with van der Waals surface area (Å²) in [5.74, 6) is 0. The van der Waals surface area contributed by atoms with Crippen molar-refractivity contribution in [2.75, 3.05) is 0 Å². The van der Waals surface area contributed by atoms with Gasteiger partial charge in [-0.2, -0.15) is 0 Å². The second-order valence-electron chi connectivity index (χ2n) is 1.82. The topological polar surface area (TPSA) is 67.8 Å². The van der Waals surface area contributed by atoms with Gasteiger partial charge in [-0.1, -0.05) is 0 Å². The molecule has 1 aromatic heterocycles. The third-order valence-electron chi connectivity index (χ3n) is 1.20. The molecule has 5 N–H and O–H groups in total. The highest BCUT2D eigenvalue weighted by Gasteiger charge is 1.87. The molecular formula is C6H8BrN3. The van der Waals surface area contributed by atoms with E-state index in [9.17, 15) is 0 Å². The van der Waals surface area contributed by atoms with E-state index >= 15 is 0 Å². The molecule has 0 radical (unpaired) electrons. The Balaban J connectivity index is 3.59. The summed E-state index contributed by atoms with van der Waals surface area (Å²) < 4.78 is 0.588. The molecule has 3 nitrogen and oxygen atoms in total. The monoisotopic (exact) mass is 201 g/mol. The van der Waals surface area contributed by atoms with Crippen LogP contribution in [0.1, 0.15) is 0 Å². The Morgan fingerprint density at radius 1 is 1.70 bits per heavy atom. The molecular weight excluding hydrogens is 194 g/mol. The number of aromatic nitrogens is 1. The molecule has 0 bridgehead atoms. The molecule has 0 fully saturated rings. The van der Waals surface area contributed by atoms with Crippen LogP contribution in [0.4, 0.5) is 0 Å². The number of hydrogen-bond donors (Lipinski definition) is 3. The van der Waals surface area contributed by atoms with Gasteiger partial charge in [-0.25, -0.2) is 0 Å². The van der Waals surface area contributed by atoms with Crippen LogP contribution in [0.3, 0.4) is 0 Å². The number of aromatic amines is 1. The van der Waals surface area contributed by atoms with Gasteiger partial charge in [0.1, 0.15) is 0 Å². The fourth-order valence-corrected chi connectivity index (χ4v) is 1.07. The molecule has 1 heterocycles. The smallest absolute Gasteiger partial charge is 0.0849 e. The number of H-pyrrole nitrogens is 1. The minimum Gasteiger partial charge on any atom is -0.403 e. The summed E-state index contributed by atoms with van der Waals surface area (Å²) in [5.41, 5.74) is 10.8. The lowest BCUT2D eigenvalue weighted by Crippen LogP contribution is -2.27. The molecule has 1 rings (SSSR count). The van der Waals surface area contributed by atoms with E-state index < -0.39 is 0 Å². The number of rotatable bonds is 0. The van der Waals surface area contributed by atoms with Crippen molar-refractivity contribution in [3.8, 4) is 0 Å². The Morgan fingerprint density at radius 3 is 2.80 bits per heavy atom. The molecule has 0 spiro atoms. The Morgan fingerprint density at radius 2 is 2.40 bits per heavy atom. The van der Waals surface area contributed by atoms with Crippen molar-refractivity contribution in [3.05, 3.63) is 22.8 Å². The highest BCUT2D eigenvalue weighted by Crippen LogP contribution is 1.88. The second kappa shape index (κ2) is 2.79. The maximum atomic E-state index is 5.47. The molecule has 0 saturated heterocycles.